The fraction of sp³-hybridized carbons (Fsp3) is 0.273. The van der Waals surface area contributed by atoms with E-state index in [9.17, 15) is 5.11 Å². The summed E-state index contributed by atoms with van der Waals surface area (Å²) in [5.74, 6) is 1.44. The molecule has 6 nitrogen and oxygen atoms in total. The Labute approximate surface area is 162 Å². The highest BCUT2D eigenvalue weighted by atomic mass is 16.5. The number of aromatic nitrogens is 3. The maximum absolute atomic E-state index is 10.8. The lowest BCUT2D eigenvalue weighted by molar-refractivity contribution is 0.202. The number of benzene rings is 1. The summed E-state index contributed by atoms with van der Waals surface area (Å²) in [6.45, 7) is 2.23. The van der Waals surface area contributed by atoms with E-state index in [0.717, 1.165) is 34.9 Å². The van der Waals surface area contributed by atoms with Gasteiger partial charge in [0.05, 0.1) is 29.2 Å². The van der Waals surface area contributed by atoms with Gasteiger partial charge in [0, 0.05) is 34.9 Å². The van der Waals surface area contributed by atoms with Crippen molar-refractivity contribution in [2.75, 3.05) is 12.8 Å². The van der Waals surface area contributed by atoms with E-state index < -0.39 is 0 Å². The Hall–Kier alpha value is -3.28. The van der Waals surface area contributed by atoms with Gasteiger partial charge in [-0.3, -0.25) is 0 Å². The lowest BCUT2D eigenvalue weighted by Crippen LogP contribution is -2.23. The van der Waals surface area contributed by atoms with Crippen molar-refractivity contribution in [2.45, 2.75) is 25.8 Å². The lowest BCUT2D eigenvalue weighted by Gasteiger charge is -2.34. The molecular weight excluding hydrogens is 352 g/mol. The zero-order valence-corrected chi connectivity index (χ0v) is 15.9. The standard InChI is InChI=1S/C22H22N4O2/c1-12-9-13(10-12)26-11-17-18(22(26)27)19(23)16-6-3-5-14(20(16)25-17)15-7-4-8-24-21(15)28-2/h3-8,11-13,27H,9-10,23H2,1-2H3. The smallest absolute Gasteiger partial charge is 0.221 e. The van der Waals surface area contributed by atoms with Gasteiger partial charge in [-0.15, -0.1) is 0 Å². The third-order valence-electron chi connectivity index (χ3n) is 5.81. The van der Waals surface area contributed by atoms with Crippen LogP contribution in [0.3, 0.4) is 0 Å². The quantitative estimate of drug-likeness (QED) is 0.551. The Bertz CT molecular complexity index is 1210. The van der Waals surface area contributed by atoms with E-state index in [1.165, 1.54) is 0 Å². The number of anilines is 1. The maximum Gasteiger partial charge on any atom is 0.221 e. The number of methoxy groups -OCH3 is 1. The minimum absolute atomic E-state index is 0.211. The van der Waals surface area contributed by atoms with Crippen molar-refractivity contribution >= 4 is 27.5 Å². The molecule has 0 atom stereocenters. The summed E-state index contributed by atoms with van der Waals surface area (Å²) in [6, 6.07) is 10.0. The maximum atomic E-state index is 10.8. The number of para-hydroxylation sites is 1. The van der Waals surface area contributed by atoms with Gasteiger partial charge >= 0.3 is 0 Å². The van der Waals surface area contributed by atoms with Crippen LogP contribution in [0, 0.1) is 5.92 Å². The average Bonchev–Trinajstić information content (AvgIpc) is 3.01. The Morgan fingerprint density at radius 1 is 1.18 bits per heavy atom. The van der Waals surface area contributed by atoms with Crippen LogP contribution in [-0.4, -0.2) is 26.8 Å². The Morgan fingerprint density at radius 2 is 1.96 bits per heavy atom. The van der Waals surface area contributed by atoms with E-state index in [1.807, 2.05) is 41.1 Å². The summed E-state index contributed by atoms with van der Waals surface area (Å²) >= 11 is 0. The Morgan fingerprint density at radius 3 is 2.71 bits per heavy atom. The molecule has 1 aliphatic rings. The van der Waals surface area contributed by atoms with Crippen molar-refractivity contribution in [3.8, 4) is 22.9 Å². The van der Waals surface area contributed by atoms with Crippen LogP contribution in [0.15, 0.2) is 42.7 Å². The topological polar surface area (TPSA) is 86.2 Å². The number of fused-ring (bicyclic) bond motifs is 2. The molecule has 1 fully saturated rings. The van der Waals surface area contributed by atoms with Gasteiger partial charge < -0.3 is 20.1 Å². The summed E-state index contributed by atoms with van der Waals surface area (Å²) in [7, 11) is 1.61. The van der Waals surface area contributed by atoms with E-state index in [1.54, 1.807) is 13.3 Å². The monoisotopic (exact) mass is 374 g/mol. The average molecular weight is 374 g/mol. The fourth-order valence-corrected chi connectivity index (χ4v) is 4.32. The van der Waals surface area contributed by atoms with Gasteiger partial charge in [-0.05, 0) is 30.9 Å². The molecule has 142 valence electrons. The first-order chi connectivity index (χ1) is 13.6. The number of nitrogens with two attached hydrogens (primary N) is 1. The SMILES string of the molecule is COc1ncccc1-c1cccc2c(N)c3c(O)n(C4CC(C)C4)cc3nc12. The number of nitrogen functional groups attached to an aromatic ring is 1. The van der Waals surface area contributed by atoms with Crippen LogP contribution in [-0.2, 0) is 0 Å². The first-order valence-electron chi connectivity index (χ1n) is 9.49. The molecule has 1 aromatic carbocycles. The molecule has 1 saturated carbocycles. The minimum Gasteiger partial charge on any atom is -0.494 e. The lowest BCUT2D eigenvalue weighted by atomic mass is 9.82. The van der Waals surface area contributed by atoms with Gasteiger partial charge in [0.25, 0.3) is 0 Å². The molecule has 28 heavy (non-hydrogen) atoms. The predicted molar refractivity (Wildman–Crippen MR) is 111 cm³/mol. The van der Waals surface area contributed by atoms with E-state index in [-0.39, 0.29) is 5.88 Å². The van der Waals surface area contributed by atoms with Crippen molar-refractivity contribution in [1.29, 1.82) is 0 Å². The summed E-state index contributed by atoms with van der Waals surface area (Å²) in [5.41, 5.74) is 10.3. The van der Waals surface area contributed by atoms with Gasteiger partial charge in [-0.1, -0.05) is 25.1 Å². The molecular formula is C22H22N4O2. The van der Waals surface area contributed by atoms with Gasteiger partial charge in [0.1, 0.15) is 0 Å². The molecule has 3 heterocycles. The first kappa shape index (κ1) is 16.9. The van der Waals surface area contributed by atoms with Crippen LogP contribution in [0.5, 0.6) is 11.8 Å². The summed E-state index contributed by atoms with van der Waals surface area (Å²) in [4.78, 5) is 9.19. The van der Waals surface area contributed by atoms with Crippen molar-refractivity contribution in [3.05, 3.63) is 42.7 Å². The number of hydrogen-bond donors (Lipinski definition) is 2. The largest absolute Gasteiger partial charge is 0.494 e. The molecule has 0 saturated heterocycles. The number of pyridine rings is 2. The Kier molecular flexibility index (Phi) is 3.69. The highest BCUT2D eigenvalue weighted by Crippen LogP contribution is 2.45. The molecule has 0 spiro atoms. The van der Waals surface area contributed by atoms with Gasteiger partial charge in [-0.25, -0.2) is 9.97 Å². The molecule has 0 amide bonds. The van der Waals surface area contributed by atoms with Crippen molar-refractivity contribution in [1.82, 2.24) is 14.5 Å². The normalized spacial score (nSPS) is 19.1. The van der Waals surface area contributed by atoms with Crippen LogP contribution in [0.25, 0.3) is 32.9 Å². The molecule has 5 rings (SSSR count). The molecule has 3 aromatic heterocycles. The summed E-state index contributed by atoms with van der Waals surface area (Å²) < 4.78 is 7.37. The number of aromatic hydroxyl groups is 1. The van der Waals surface area contributed by atoms with Crippen LogP contribution in [0.1, 0.15) is 25.8 Å². The van der Waals surface area contributed by atoms with E-state index in [0.29, 0.717) is 34.4 Å². The number of nitrogens with zero attached hydrogens (tertiary/aromatic N) is 3. The first-order valence-corrected chi connectivity index (χ1v) is 9.49. The Balaban J connectivity index is 1.78. The molecule has 0 aliphatic heterocycles. The minimum atomic E-state index is 0.211. The summed E-state index contributed by atoms with van der Waals surface area (Å²) in [6.07, 6.45) is 5.75. The number of ether oxygens (including phenoxy) is 1. The predicted octanol–water partition coefficient (Wildman–Crippen LogP) is 4.52. The van der Waals surface area contributed by atoms with Crippen LogP contribution < -0.4 is 10.5 Å². The van der Waals surface area contributed by atoms with Crippen LogP contribution >= 0.6 is 0 Å². The van der Waals surface area contributed by atoms with E-state index in [4.69, 9.17) is 15.5 Å². The van der Waals surface area contributed by atoms with Gasteiger partial charge in [0.15, 0.2) is 0 Å². The molecule has 6 heteroatoms. The second kappa shape index (κ2) is 6.12. The van der Waals surface area contributed by atoms with Crippen LogP contribution in [0.2, 0.25) is 0 Å². The number of hydrogen-bond acceptors (Lipinski definition) is 5. The molecule has 1 aliphatic carbocycles. The molecule has 4 aromatic rings. The second-order valence-electron chi connectivity index (χ2n) is 7.64. The summed E-state index contributed by atoms with van der Waals surface area (Å²) in [5, 5.41) is 12.3. The third kappa shape index (κ3) is 2.34. The number of rotatable bonds is 3. The van der Waals surface area contributed by atoms with Crippen molar-refractivity contribution in [2.24, 2.45) is 5.92 Å². The zero-order valence-electron chi connectivity index (χ0n) is 15.9. The van der Waals surface area contributed by atoms with E-state index >= 15 is 0 Å². The highest BCUT2D eigenvalue weighted by molar-refractivity contribution is 6.12. The van der Waals surface area contributed by atoms with E-state index in [2.05, 4.69) is 11.9 Å². The highest BCUT2D eigenvalue weighted by Gasteiger charge is 2.30. The molecule has 0 radical (unpaired) electrons. The molecule has 0 unspecified atom stereocenters. The van der Waals surface area contributed by atoms with Crippen molar-refractivity contribution < 1.29 is 9.84 Å². The third-order valence-corrected chi connectivity index (χ3v) is 5.81. The zero-order chi connectivity index (χ0) is 19.4. The van der Waals surface area contributed by atoms with Crippen LogP contribution in [0.4, 0.5) is 5.69 Å². The van der Waals surface area contributed by atoms with Gasteiger partial charge in [-0.2, -0.15) is 0 Å². The fourth-order valence-electron chi connectivity index (χ4n) is 4.32. The second-order valence-corrected chi connectivity index (χ2v) is 7.64. The van der Waals surface area contributed by atoms with Crippen molar-refractivity contribution in [3.63, 3.8) is 0 Å². The molecule has 0 bridgehead atoms. The molecule has 3 N–H and O–H groups in total. The van der Waals surface area contributed by atoms with Gasteiger partial charge in [0.2, 0.25) is 11.8 Å².